The Morgan fingerprint density at radius 1 is 1.30 bits per heavy atom. The largest absolute Gasteiger partial charge is 0.480 e. The van der Waals surface area contributed by atoms with Crippen molar-refractivity contribution in [2.75, 3.05) is 19.6 Å². The van der Waals surface area contributed by atoms with Gasteiger partial charge in [0.05, 0.1) is 6.04 Å². The summed E-state index contributed by atoms with van der Waals surface area (Å²) in [6.45, 7) is -0.771. The lowest BCUT2D eigenvalue weighted by Crippen LogP contribution is -2.48. The van der Waals surface area contributed by atoms with Crippen LogP contribution < -0.4 is 0 Å². The van der Waals surface area contributed by atoms with E-state index in [0.717, 1.165) is 4.90 Å². The molecule has 2 saturated heterocycles. The molecule has 2 aliphatic rings. The van der Waals surface area contributed by atoms with E-state index in [2.05, 4.69) is 0 Å². The maximum atomic E-state index is 12.3. The van der Waals surface area contributed by atoms with Crippen molar-refractivity contribution < 1.29 is 27.9 Å². The number of hydrogen-bond donors (Lipinski definition) is 1. The first kappa shape index (κ1) is 17.0. The van der Waals surface area contributed by atoms with Crippen molar-refractivity contribution in [1.82, 2.24) is 9.80 Å². The third-order valence-electron chi connectivity index (χ3n) is 3.62. The molecule has 5 nitrogen and oxygen atoms in total. The minimum Gasteiger partial charge on any atom is -0.480 e. The molecule has 0 saturated carbocycles. The van der Waals surface area contributed by atoms with Crippen LogP contribution in [0.2, 0.25) is 0 Å². The highest BCUT2D eigenvalue weighted by atomic mass is 35.5. The van der Waals surface area contributed by atoms with Crippen LogP contribution in [0.4, 0.5) is 13.2 Å². The third kappa shape index (κ3) is 3.54. The number of halogens is 4. The summed E-state index contributed by atoms with van der Waals surface area (Å²) >= 11 is 0. The average Bonchev–Trinajstić information content (AvgIpc) is 2.85. The van der Waals surface area contributed by atoms with E-state index in [1.165, 1.54) is 4.90 Å². The molecule has 0 aromatic rings. The molecule has 2 heterocycles. The fourth-order valence-electron chi connectivity index (χ4n) is 2.83. The molecule has 1 N–H and O–H groups in total. The van der Waals surface area contributed by atoms with E-state index < -0.39 is 36.7 Å². The first-order chi connectivity index (χ1) is 8.79. The smallest absolute Gasteiger partial charge is 0.406 e. The Bertz CT molecular complexity index is 392. The molecule has 0 spiro atoms. The second-order valence-electron chi connectivity index (χ2n) is 4.91. The van der Waals surface area contributed by atoms with Gasteiger partial charge >= 0.3 is 12.1 Å². The zero-order valence-corrected chi connectivity index (χ0v) is 11.4. The SMILES string of the molecule is Cl.O=C(O)C1CCCN1C1CCN(CC(F)(F)F)C1=O. The zero-order chi connectivity index (χ0) is 14.2. The number of nitrogens with zero attached hydrogens (tertiary/aromatic N) is 2. The second kappa shape index (κ2) is 6.17. The molecule has 0 aliphatic carbocycles. The van der Waals surface area contributed by atoms with Crippen molar-refractivity contribution in [3.63, 3.8) is 0 Å². The topological polar surface area (TPSA) is 60.9 Å². The van der Waals surface area contributed by atoms with Crippen molar-refractivity contribution in [1.29, 1.82) is 0 Å². The van der Waals surface area contributed by atoms with Crippen LogP contribution in [0.25, 0.3) is 0 Å². The van der Waals surface area contributed by atoms with Gasteiger partial charge in [-0.15, -0.1) is 12.4 Å². The van der Waals surface area contributed by atoms with Crippen molar-refractivity contribution >= 4 is 24.3 Å². The summed E-state index contributed by atoms with van der Waals surface area (Å²) in [5, 5.41) is 9.04. The number of carbonyl (C=O) groups is 2. The number of likely N-dealkylation sites (tertiary alicyclic amines) is 2. The maximum Gasteiger partial charge on any atom is 0.406 e. The summed E-state index contributed by atoms with van der Waals surface area (Å²) in [4.78, 5) is 25.3. The predicted molar refractivity (Wildman–Crippen MR) is 65.7 cm³/mol. The second-order valence-corrected chi connectivity index (χ2v) is 4.91. The molecule has 20 heavy (non-hydrogen) atoms. The van der Waals surface area contributed by atoms with E-state index in [4.69, 9.17) is 5.11 Å². The fourth-order valence-corrected chi connectivity index (χ4v) is 2.83. The molecule has 0 radical (unpaired) electrons. The number of carbonyl (C=O) groups excluding carboxylic acids is 1. The number of aliphatic carboxylic acids is 1. The molecule has 2 fully saturated rings. The standard InChI is InChI=1S/C11H15F3N2O3.ClH/c12-11(13,14)6-15-5-3-7(9(15)17)16-4-1-2-8(16)10(18)19;/h7-8H,1-6H2,(H,18,19);1H. The van der Waals surface area contributed by atoms with Crippen LogP contribution in [0.15, 0.2) is 0 Å². The molecule has 0 bridgehead atoms. The number of alkyl halides is 3. The van der Waals surface area contributed by atoms with Gasteiger partial charge in [-0.1, -0.05) is 0 Å². The molecule has 9 heteroatoms. The number of amides is 1. The predicted octanol–water partition coefficient (Wildman–Crippen LogP) is 1.12. The van der Waals surface area contributed by atoms with Crippen molar-refractivity contribution in [2.24, 2.45) is 0 Å². The Morgan fingerprint density at radius 3 is 2.50 bits per heavy atom. The van der Waals surface area contributed by atoms with Gasteiger partial charge in [0.15, 0.2) is 0 Å². The first-order valence-electron chi connectivity index (χ1n) is 6.13. The van der Waals surface area contributed by atoms with E-state index >= 15 is 0 Å². The van der Waals surface area contributed by atoms with Gasteiger partial charge in [0, 0.05) is 6.54 Å². The lowest BCUT2D eigenvalue weighted by Gasteiger charge is -2.27. The van der Waals surface area contributed by atoms with Gasteiger partial charge in [-0.3, -0.25) is 14.5 Å². The van der Waals surface area contributed by atoms with Gasteiger partial charge in [0.25, 0.3) is 0 Å². The maximum absolute atomic E-state index is 12.3. The Labute approximate surface area is 120 Å². The van der Waals surface area contributed by atoms with Gasteiger partial charge in [-0.2, -0.15) is 13.2 Å². The van der Waals surface area contributed by atoms with Crippen molar-refractivity contribution in [3.05, 3.63) is 0 Å². The monoisotopic (exact) mass is 316 g/mol. The Hall–Kier alpha value is -1.02. The molecule has 116 valence electrons. The Balaban J connectivity index is 0.00000200. The summed E-state index contributed by atoms with van der Waals surface area (Å²) in [5.41, 5.74) is 0. The summed E-state index contributed by atoms with van der Waals surface area (Å²) < 4.78 is 36.9. The first-order valence-corrected chi connectivity index (χ1v) is 6.13. The molecule has 0 aromatic carbocycles. The number of carboxylic acids is 1. The summed E-state index contributed by atoms with van der Waals surface area (Å²) in [6, 6.07) is -1.47. The van der Waals surface area contributed by atoms with E-state index in [0.29, 0.717) is 19.4 Å². The van der Waals surface area contributed by atoms with E-state index in [-0.39, 0.29) is 25.4 Å². The van der Waals surface area contributed by atoms with Gasteiger partial charge in [0.1, 0.15) is 12.6 Å². The molecular weight excluding hydrogens is 301 g/mol. The Kier molecular flexibility index (Phi) is 5.26. The molecule has 1 amide bonds. The molecule has 2 atom stereocenters. The molecular formula is C11H16ClF3N2O3. The van der Waals surface area contributed by atoms with Crippen LogP contribution in [0, 0.1) is 0 Å². The van der Waals surface area contributed by atoms with Crippen molar-refractivity contribution in [3.8, 4) is 0 Å². The molecule has 2 rings (SSSR count). The summed E-state index contributed by atoms with van der Waals surface area (Å²) in [6.07, 6.45) is -3.06. The minimum absolute atomic E-state index is 0. The zero-order valence-electron chi connectivity index (χ0n) is 10.6. The van der Waals surface area contributed by atoms with E-state index in [1.54, 1.807) is 0 Å². The van der Waals surface area contributed by atoms with Gasteiger partial charge in [0.2, 0.25) is 5.91 Å². The van der Waals surface area contributed by atoms with E-state index in [1.807, 2.05) is 0 Å². The van der Waals surface area contributed by atoms with Gasteiger partial charge in [-0.25, -0.2) is 0 Å². The highest BCUT2D eigenvalue weighted by molar-refractivity contribution is 5.85. The number of rotatable bonds is 3. The number of carboxylic acid groups (broad SMARTS) is 1. The lowest BCUT2D eigenvalue weighted by molar-refractivity contribution is -0.160. The summed E-state index contributed by atoms with van der Waals surface area (Å²) in [5.74, 6) is -1.62. The van der Waals surface area contributed by atoms with Gasteiger partial charge < -0.3 is 10.0 Å². The highest BCUT2D eigenvalue weighted by Crippen LogP contribution is 2.28. The minimum atomic E-state index is -4.41. The van der Waals surface area contributed by atoms with Crippen LogP contribution in [-0.2, 0) is 9.59 Å². The van der Waals surface area contributed by atoms with Gasteiger partial charge in [-0.05, 0) is 25.8 Å². The molecule has 0 aromatic heterocycles. The van der Waals surface area contributed by atoms with Crippen LogP contribution in [0.3, 0.4) is 0 Å². The fraction of sp³-hybridized carbons (Fsp3) is 0.818. The normalized spacial score (nSPS) is 27.8. The quantitative estimate of drug-likeness (QED) is 0.847. The van der Waals surface area contributed by atoms with Crippen LogP contribution in [-0.4, -0.2) is 64.7 Å². The average molecular weight is 317 g/mol. The molecule has 2 unspecified atom stereocenters. The van der Waals surface area contributed by atoms with Crippen LogP contribution in [0.5, 0.6) is 0 Å². The lowest BCUT2D eigenvalue weighted by atomic mass is 10.1. The number of hydrogen-bond acceptors (Lipinski definition) is 3. The summed E-state index contributed by atoms with van der Waals surface area (Å²) in [7, 11) is 0. The highest BCUT2D eigenvalue weighted by Gasteiger charge is 2.45. The van der Waals surface area contributed by atoms with Crippen LogP contribution >= 0.6 is 12.4 Å². The third-order valence-corrected chi connectivity index (χ3v) is 3.62. The Morgan fingerprint density at radius 2 is 1.95 bits per heavy atom. The molecule has 2 aliphatic heterocycles. The van der Waals surface area contributed by atoms with Crippen molar-refractivity contribution in [2.45, 2.75) is 37.5 Å². The van der Waals surface area contributed by atoms with Crippen LogP contribution in [0.1, 0.15) is 19.3 Å². The van der Waals surface area contributed by atoms with E-state index in [9.17, 15) is 22.8 Å².